The smallest absolute Gasteiger partial charge is 0.329 e. The van der Waals surface area contributed by atoms with Gasteiger partial charge in [-0.3, -0.25) is 14.4 Å². The summed E-state index contributed by atoms with van der Waals surface area (Å²) in [5.41, 5.74) is 3.38. The van der Waals surface area contributed by atoms with Crippen LogP contribution in [0, 0.1) is 0 Å². The average molecular weight is 515 g/mol. The van der Waals surface area contributed by atoms with Crippen LogP contribution < -0.4 is 30.3 Å². The van der Waals surface area contributed by atoms with Crippen LogP contribution in [0.2, 0.25) is 0 Å². The van der Waals surface area contributed by atoms with Crippen LogP contribution >= 0.6 is 0 Å². The number of ether oxygens (including phenoxy) is 4. The van der Waals surface area contributed by atoms with Gasteiger partial charge in [0.1, 0.15) is 5.75 Å². The summed E-state index contributed by atoms with van der Waals surface area (Å²) in [5, 5.41) is 9.05. The third kappa shape index (κ3) is 11.0. The molecule has 0 aliphatic heterocycles. The van der Waals surface area contributed by atoms with Gasteiger partial charge in [0.05, 0.1) is 26.0 Å². The minimum atomic E-state index is -0.881. The molecule has 11 heteroatoms. The van der Waals surface area contributed by atoms with Crippen molar-refractivity contribution in [3.8, 4) is 17.2 Å². The molecule has 0 aromatic heterocycles. The average Bonchev–Trinajstić information content (AvgIpc) is 2.88. The first-order valence-corrected chi connectivity index (χ1v) is 11.9. The van der Waals surface area contributed by atoms with Gasteiger partial charge < -0.3 is 29.6 Å². The zero-order valence-corrected chi connectivity index (χ0v) is 21.5. The van der Waals surface area contributed by atoms with E-state index in [1.807, 2.05) is 20.8 Å². The molecule has 11 nitrogen and oxygen atoms in total. The highest BCUT2D eigenvalue weighted by Gasteiger charge is 2.12. The maximum atomic E-state index is 12.3. The van der Waals surface area contributed by atoms with Crippen molar-refractivity contribution in [1.29, 1.82) is 0 Å². The van der Waals surface area contributed by atoms with E-state index in [0.717, 1.165) is 0 Å². The number of anilines is 1. The molecule has 2 aromatic carbocycles. The van der Waals surface area contributed by atoms with Crippen LogP contribution in [0.25, 0.3) is 0 Å². The SMILES string of the molecule is CCOc1cc(/C=N/NC(=O)C(=O)NCCCOC(C)C)ccc1OCC(=O)Nc1ccc(OC)cc1. The zero-order valence-electron chi connectivity index (χ0n) is 21.5. The molecule has 0 unspecified atom stereocenters. The minimum absolute atomic E-state index is 0.113. The Labute approximate surface area is 216 Å². The summed E-state index contributed by atoms with van der Waals surface area (Å²) < 4.78 is 21.7. The van der Waals surface area contributed by atoms with Crippen molar-refractivity contribution in [3.63, 3.8) is 0 Å². The fourth-order valence-corrected chi connectivity index (χ4v) is 2.90. The lowest BCUT2D eigenvalue weighted by molar-refractivity contribution is -0.139. The molecule has 0 atom stereocenters. The highest BCUT2D eigenvalue weighted by Crippen LogP contribution is 2.28. The maximum absolute atomic E-state index is 12.3. The van der Waals surface area contributed by atoms with Crippen LogP contribution in [0.1, 0.15) is 32.8 Å². The van der Waals surface area contributed by atoms with Crippen molar-refractivity contribution in [2.45, 2.75) is 33.3 Å². The second-order valence-electron chi connectivity index (χ2n) is 7.93. The molecule has 0 spiro atoms. The van der Waals surface area contributed by atoms with E-state index in [1.165, 1.54) is 6.21 Å². The Morgan fingerprint density at radius 1 is 1.00 bits per heavy atom. The fourth-order valence-electron chi connectivity index (χ4n) is 2.90. The molecule has 0 radical (unpaired) electrons. The fraction of sp³-hybridized carbons (Fsp3) is 0.385. The van der Waals surface area contributed by atoms with Crippen LogP contribution in [0.3, 0.4) is 0 Å². The summed E-state index contributed by atoms with van der Waals surface area (Å²) in [6, 6.07) is 11.9. The third-order valence-corrected chi connectivity index (χ3v) is 4.64. The number of methoxy groups -OCH3 is 1. The van der Waals surface area contributed by atoms with Crippen molar-refractivity contribution in [3.05, 3.63) is 48.0 Å². The molecule has 0 saturated heterocycles. The van der Waals surface area contributed by atoms with Crippen LogP contribution in [-0.4, -0.2) is 63.5 Å². The van der Waals surface area contributed by atoms with Crippen molar-refractivity contribution in [2.75, 3.05) is 38.8 Å². The van der Waals surface area contributed by atoms with E-state index >= 15 is 0 Å². The molecule has 200 valence electrons. The van der Waals surface area contributed by atoms with Crippen molar-refractivity contribution in [1.82, 2.24) is 10.7 Å². The Hall–Kier alpha value is -4.12. The van der Waals surface area contributed by atoms with Gasteiger partial charge in [-0.05, 0) is 75.2 Å². The van der Waals surface area contributed by atoms with Gasteiger partial charge in [-0.2, -0.15) is 5.10 Å². The Morgan fingerprint density at radius 2 is 1.76 bits per heavy atom. The first-order chi connectivity index (χ1) is 17.8. The van der Waals surface area contributed by atoms with E-state index in [0.29, 0.717) is 54.7 Å². The molecule has 0 aliphatic rings. The van der Waals surface area contributed by atoms with Gasteiger partial charge in [0.25, 0.3) is 5.91 Å². The second kappa shape index (κ2) is 15.8. The number of nitrogens with one attached hydrogen (secondary N) is 3. The zero-order chi connectivity index (χ0) is 27.0. The summed E-state index contributed by atoms with van der Waals surface area (Å²) in [5.74, 6) is -0.552. The van der Waals surface area contributed by atoms with Crippen molar-refractivity contribution < 1.29 is 33.3 Å². The van der Waals surface area contributed by atoms with Crippen LogP contribution in [-0.2, 0) is 19.1 Å². The topological polar surface area (TPSA) is 137 Å². The maximum Gasteiger partial charge on any atom is 0.329 e. The summed E-state index contributed by atoms with van der Waals surface area (Å²) in [6.45, 7) is 6.61. The van der Waals surface area contributed by atoms with Crippen LogP contribution in [0.5, 0.6) is 17.2 Å². The summed E-state index contributed by atoms with van der Waals surface area (Å²) in [7, 11) is 1.57. The summed E-state index contributed by atoms with van der Waals surface area (Å²) in [6.07, 6.45) is 2.07. The lowest BCUT2D eigenvalue weighted by atomic mass is 10.2. The first kappa shape index (κ1) is 29.1. The van der Waals surface area contributed by atoms with Gasteiger partial charge in [0.15, 0.2) is 18.1 Å². The quantitative estimate of drug-likeness (QED) is 0.152. The largest absolute Gasteiger partial charge is 0.497 e. The van der Waals surface area contributed by atoms with E-state index < -0.39 is 11.8 Å². The van der Waals surface area contributed by atoms with E-state index in [2.05, 4.69) is 21.2 Å². The number of nitrogens with zero attached hydrogens (tertiary/aromatic N) is 1. The number of rotatable bonds is 14. The minimum Gasteiger partial charge on any atom is -0.497 e. The third-order valence-electron chi connectivity index (χ3n) is 4.64. The van der Waals surface area contributed by atoms with Gasteiger partial charge in [-0.15, -0.1) is 0 Å². The molecule has 2 aromatic rings. The molecule has 0 bridgehead atoms. The number of carbonyl (C=O) groups excluding carboxylic acids is 3. The molecule has 0 saturated carbocycles. The Kier molecular flexibility index (Phi) is 12.4. The highest BCUT2D eigenvalue weighted by atomic mass is 16.5. The van der Waals surface area contributed by atoms with Crippen molar-refractivity contribution in [2.24, 2.45) is 5.10 Å². The molecular weight excluding hydrogens is 480 g/mol. The normalized spacial score (nSPS) is 10.7. The van der Waals surface area contributed by atoms with Gasteiger partial charge >= 0.3 is 11.8 Å². The van der Waals surface area contributed by atoms with Gasteiger partial charge in [-0.25, -0.2) is 5.43 Å². The lowest BCUT2D eigenvalue weighted by Crippen LogP contribution is -2.38. The number of hydrogen-bond acceptors (Lipinski definition) is 8. The Balaban J connectivity index is 1.85. The number of benzene rings is 2. The van der Waals surface area contributed by atoms with Gasteiger partial charge in [0.2, 0.25) is 0 Å². The number of hydrogen-bond donors (Lipinski definition) is 3. The second-order valence-corrected chi connectivity index (χ2v) is 7.93. The van der Waals surface area contributed by atoms with E-state index in [-0.39, 0.29) is 18.6 Å². The number of amides is 3. The predicted molar refractivity (Wildman–Crippen MR) is 139 cm³/mol. The number of carbonyl (C=O) groups is 3. The summed E-state index contributed by atoms with van der Waals surface area (Å²) in [4.78, 5) is 36.0. The standard InChI is InChI=1S/C26H34N4O7/c1-5-35-23-15-19(16-28-30-26(33)25(32)27-13-6-14-36-18(2)3)7-12-22(23)37-17-24(31)29-20-8-10-21(34-4)11-9-20/h7-12,15-16,18H,5-6,13-14,17H2,1-4H3,(H,27,32)(H,29,31)(H,30,33)/b28-16+. The molecule has 37 heavy (non-hydrogen) atoms. The van der Waals surface area contributed by atoms with E-state index in [1.54, 1.807) is 49.6 Å². The molecular formula is C26H34N4O7. The van der Waals surface area contributed by atoms with E-state index in [9.17, 15) is 14.4 Å². The summed E-state index contributed by atoms with van der Waals surface area (Å²) >= 11 is 0. The number of hydrazone groups is 1. The van der Waals surface area contributed by atoms with Gasteiger partial charge in [-0.1, -0.05) is 0 Å². The van der Waals surface area contributed by atoms with E-state index in [4.69, 9.17) is 18.9 Å². The van der Waals surface area contributed by atoms with Gasteiger partial charge in [0, 0.05) is 18.8 Å². The highest BCUT2D eigenvalue weighted by molar-refractivity contribution is 6.35. The van der Waals surface area contributed by atoms with Crippen LogP contribution in [0.15, 0.2) is 47.6 Å². The predicted octanol–water partition coefficient (Wildman–Crippen LogP) is 2.49. The van der Waals surface area contributed by atoms with Crippen molar-refractivity contribution >= 4 is 29.6 Å². The molecule has 0 aliphatic carbocycles. The Morgan fingerprint density at radius 3 is 2.43 bits per heavy atom. The molecule has 3 amide bonds. The molecule has 0 fully saturated rings. The molecule has 2 rings (SSSR count). The molecule has 3 N–H and O–H groups in total. The lowest BCUT2D eigenvalue weighted by Gasteiger charge is -2.13. The van der Waals surface area contributed by atoms with Crippen LogP contribution in [0.4, 0.5) is 5.69 Å². The monoisotopic (exact) mass is 514 g/mol. The first-order valence-electron chi connectivity index (χ1n) is 11.9. The Bertz CT molecular complexity index is 1060. The molecule has 0 heterocycles.